The average Bonchev–Trinajstić information content (AvgIpc) is 2.82. The third-order valence-electron chi connectivity index (χ3n) is 5.36. The molecule has 0 saturated carbocycles. The van der Waals surface area contributed by atoms with E-state index in [-0.39, 0.29) is 12.5 Å². The van der Waals surface area contributed by atoms with Crippen molar-refractivity contribution >= 4 is 33.7 Å². The van der Waals surface area contributed by atoms with E-state index in [1.54, 1.807) is 4.90 Å². The zero-order chi connectivity index (χ0) is 21.6. The molecule has 156 valence electrons. The van der Waals surface area contributed by atoms with Gasteiger partial charge in [-0.1, -0.05) is 60.7 Å². The van der Waals surface area contributed by atoms with Crippen LogP contribution in [0.4, 0.5) is 0 Å². The smallest absolute Gasteiger partial charge is 0.260 e. The average molecular weight is 412 g/mol. The summed E-state index contributed by atoms with van der Waals surface area (Å²) in [5.74, 6) is 0.520. The maximum Gasteiger partial charge on any atom is 0.260 e. The number of rotatable bonds is 8. The minimum absolute atomic E-state index is 0.0679. The van der Waals surface area contributed by atoms with E-state index < -0.39 is 0 Å². The Labute approximate surface area is 181 Å². The number of carbonyl (C=O) groups excluding carboxylic acids is 1. The highest BCUT2D eigenvalue weighted by Crippen LogP contribution is 2.28. The van der Waals surface area contributed by atoms with E-state index in [4.69, 9.17) is 15.9 Å². The van der Waals surface area contributed by atoms with Crippen LogP contribution >= 0.6 is 0 Å². The van der Waals surface area contributed by atoms with Crippen molar-refractivity contribution in [3.8, 4) is 5.75 Å². The molecule has 0 spiro atoms. The Balaban J connectivity index is 1.50. The Kier molecular flexibility index (Phi) is 6.24. The van der Waals surface area contributed by atoms with Gasteiger partial charge in [-0.3, -0.25) is 4.79 Å². The molecule has 4 aromatic rings. The van der Waals surface area contributed by atoms with E-state index in [0.29, 0.717) is 25.4 Å². The SMILES string of the molecule is N=Cc1ccc(OCC(=O)N(CCN)Cc2ccc3ccccc3c2)c2ccccc12. The van der Waals surface area contributed by atoms with Gasteiger partial charge in [0.25, 0.3) is 5.91 Å². The molecule has 0 radical (unpaired) electrons. The standard InChI is InChI=1S/C26H25N3O2/c27-13-14-29(17-19-9-10-20-5-1-2-6-21(20)15-19)26(30)18-31-25-12-11-22(16-28)23-7-3-4-8-24(23)25/h1-12,15-16,28H,13-14,17-18,27H2. The van der Waals surface area contributed by atoms with Crippen molar-refractivity contribution in [3.05, 3.63) is 90.0 Å². The summed E-state index contributed by atoms with van der Waals surface area (Å²) in [6.45, 7) is 1.26. The fraction of sp³-hybridized carbons (Fsp3) is 0.154. The molecule has 3 N–H and O–H groups in total. The van der Waals surface area contributed by atoms with Crippen LogP contribution in [-0.2, 0) is 11.3 Å². The number of nitrogens with one attached hydrogen (secondary N) is 1. The zero-order valence-corrected chi connectivity index (χ0v) is 17.3. The fourth-order valence-electron chi connectivity index (χ4n) is 3.78. The quantitative estimate of drug-likeness (QED) is 0.423. The van der Waals surface area contributed by atoms with Gasteiger partial charge in [0.1, 0.15) is 5.75 Å². The molecule has 0 unspecified atom stereocenters. The van der Waals surface area contributed by atoms with Crippen molar-refractivity contribution in [1.29, 1.82) is 5.41 Å². The molecule has 0 bridgehead atoms. The first-order chi connectivity index (χ1) is 15.2. The molecule has 4 aromatic carbocycles. The van der Waals surface area contributed by atoms with Crippen LogP contribution in [-0.4, -0.2) is 36.7 Å². The van der Waals surface area contributed by atoms with Gasteiger partial charge >= 0.3 is 0 Å². The molecule has 0 aromatic heterocycles. The van der Waals surface area contributed by atoms with Crippen molar-refractivity contribution in [2.45, 2.75) is 6.54 Å². The number of fused-ring (bicyclic) bond motifs is 2. The minimum Gasteiger partial charge on any atom is -0.483 e. The van der Waals surface area contributed by atoms with Gasteiger partial charge in [0, 0.05) is 36.8 Å². The van der Waals surface area contributed by atoms with E-state index >= 15 is 0 Å². The summed E-state index contributed by atoms with van der Waals surface area (Å²) in [6.07, 6.45) is 1.32. The highest BCUT2D eigenvalue weighted by atomic mass is 16.5. The van der Waals surface area contributed by atoms with Gasteiger partial charge in [0.2, 0.25) is 0 Å². The van der Waals surface area contributed by atoms with Crippen LogP contribution in [0.25, 0.3) is 21.5 Å². The number of nitrogens with zero attached hydrogens (tertiary/aromatic N) is 1. The van der Waals surface area contributed by atoms with E-state index in [1.165, 1.54) is 11.6 Å². The third kappa shape index (κ3) is 4.57. The topological polar surface area (TPSA) is 79.4 Å². The van der Waals surface area contributed by atoms with E-state index in [9.17, 15) is 4.79 Å². The summed E-state index contributed by atoms with van der Waals surface area (Å²) >= 11 is 0. The summed E-state index contributed by atoms with van der Waals surface area (Å²) in [6, 6.07) is 25.8. The largest absolute Gasteiger partial charge is 0.483 e. The van der Waals surface area contributed by atoms with Gasteiger partial charge in [-0.2, -0.15) is 0 Å². The summed E-state index contributed by atoms with van der Waals surface area (Å²) in [4.78, 5) is 14.7. The summed E-state index contributed by atoms with van der Waals surface area (Å²) in [5, 5.41) is 11.7. The third-order valence-corrected chi connectivity index (χ3v) is 5.36. The molecule has 5 heteroatoms. The van der Waals surface area contributed by atoms with Gasteiger partial charge in [-0.15, -0.1) is 0 Å². The van der Waals surface area contributed by atoms with Crippen molar-refractivity contribution < 1.29 is 9.53 Å². The molecule has 0 heterocycles. The fourth-order valence-corrected chi connectivity index (χ4v) is 3.78. The van der Waals surface area contributed by atoms with Crippen LogP contribution < -0.4 is 10.5 Å². The first-order valence-corrected chi connectivity index (χ1v) is 10.3. The van der Waals surface area contributed by atoms with Crippen LogP contribution in [0, 0.1) is 5.41 Å². The van der Waals surface area contributed by atoms with Crippen LogP contribution in [0.2, 0.25) is 0 Å². The predicted octanol–water partition coefficient (Wildman–Crippen LogP) is 4.36. The lowest BCUT2D eigenvalue weighted by Gasteiger charge is -2.23. The highest BCUT2D eigenvalue weighted by molar-refractivity contribution is 6.01. The molecule has 1 amide bonds. The first-order valence-electron chi connectivity index (χ1n) is 10.3. The van der Waals surface area contributed by atoms with E-state index in [0.717, 1.165) is 27.3 Å². The van der Waals surface area contributed by atoms with Crippen molar-refractivity contribution in [3.63, 3.8) is 0 Å². The zero-order valence-electron chi connectivity index (χ0n) is 17.3. The number of ether oxygens (including phenoxy) is 1. The molecule has 5 nitrogen and oxygen atoms in total. The monoisotopic (exact) mass is 411 g/mol. The Bertz CT molecular complexity index is 1240. The van der Waals surface area contributed by atoms with Gasteiger partial charge in [-0.25, -0.2) is 0 Å². The Morgan fingerprint density at radius 3 is 2.45 bits per heavy atom. The van der Waals surface area contributed by atoms with Crippen LogP contribution in [0.3, 0.4) is 0 Å². The second kappa shape index (κ2) is 9.41. The normalized spacial score (nSPS) is 10.9. The van der Waals surface area contributed by atoms with Crippen LogP contribution in [0.1, 0.15) is 11.1 Å². The molecule has 0 aliphatic heterocycles. The second-order valence-corrected chi connectivity index (χ2v) is 7.42. The molecule has 4 rings (SSSR count). The van der Waals surface area contributed by atoms with Crippen molar-refractivity contribution in [1.82, 2.24) is 4.90 Å². The molecule has 31 heavy (non-hydrogen) atoms. The molecule has 0 saturated heterocycles. The van der Waals surface area contributed by atoms with Gasteiger partial charge in [-0.05, 0) is 39.9 Å². The lowest BCUT2D eigenvalue weighted by molar-refractivity contribution is -0.133. The molecule has 0 aliphatic carbocycles. The molecule has 0 fully saturated rings. The molecule has 0 aliphatic rings. The van der Waals surface area contributed by atoms with E-state index in [1.807, 2.05) is 54.6 Å². The summed E-state index contributed by atoms with van der Waals surface area (Å²) < 4.78 is 5.91. The number of benzene rings is 4. The summed E-state index contributed by atoms with van der Waals surface area (Å²) in [7, 11) is 0. The molecule has 0 atom stereocenters. The minimum atomic E-state index is -0.112. The second-order valence-electron chi connectivity index (χ2n) is 7.42. The number of amides is 1. The van der Waals surface area contributed by atoms with Crippen molar-refractivity contribution in [2.24, 2.45) is 5.73 Å². The van der Waals surface area contributed by atoms with Crippen LogP contribution in [0.5, 0.6) is 5.75 Å². The molecular weight excluding hydrogens is 386 g/mol. The number of hydrogen-bond acceptors (Lipinski definition) is 4. The van der Waals surface area contributed by atoms with Gasteiger partial charge in [0.05, 0.1) is 0 Å². The first kappa shape index (κ1) is 20.6. The summed E-state index contributed by atoms with van der Waals surface area (Å²) in [5.41, 5.74) is 7.64. The molecular formula is C26H25N3O2. The predicted molar refractivity (Wildman–Crippen MR) is 126 cm³/mol. The van der Waals surface area contributed by atoms with E-state index in [2.05, 4.69) is 24.3 Å². The number of nitrogens with two attached hydrogens (primary N) is 1. The van der Waals surface area contributed by atoms with Crippen LogP contribution in [0.15, 0.2) is 78.9 Å². The Morgan fingerprint density at radius 2 is 1.68 bits per heavy atom. The Hall–Kier alpha value is -3.70. The highest BCUT2D eigenvalue weighted by Gasteiger charge is 2.15. The number of hydrogen-bond donors (Lipinski definition) is 2. The number of carbonyl (C=O) groups is 1. The van der Waals surface area contributed by atoms with Gasteiger partial charge < -0.3 is 20.8 Å². The lowest BCUT2D eigenvalue weighted by atomic mass is 10.0. The lowest BCUT2D eigenvalue weighted by Crippen LogP contribution is -2.38. The maximum atomic E-state index is 12.9. The Morgan fingerprint density at radius 1 is 0.935 bits per heavy atom. The van der Waals surface area contributed by atoms with Gasteiger partial charge in [0.15, 0.2) is 6.61 Å². The maximum absolute atomic E-state index is 12.9. The van der Waals surface area contributed by atoms with Crippen molar-refractivity contribution in [2.75, 3.05) is 19.7 Å².